The number of amides is 1. The minimum absolute atomic E-state index is 0. The van der Waals surface area contributed by atoms with E-state index in [9.17, 15) is 4.79 Å². The van der Waals surface area contributed by atoms with Gasteiger partial charge in [-0.25, -0.2) is 4.98 Å². The van der Waals surface area contributed by atoms with Crippen molar-refractivity contribution < 1.29 is 4.79 Å². The summed E-state index contributed by atoms with van der Waals surface area (Å²) in [5, 5.41) is 8.72. The number of benzene rings is 1. The van der Waals surface area contributed by atoms with E-state index in [4.69, 9.17) is 0 Å². The highest BCUT2D eigenvalue weighted by atomic mass is 35.5. The van der Waals surface area contributed by atoms with Crippen LogP contribution in [0.15, 0.2) is 41.8 Å². The number of aromatic nitrogens is 2. The van der Waals surface area contributed by atoms with Crippen molar-refractivity contribution in [3.05, 3.63) is 53.2 Å². The number of carbonyl (C=O) groups is 1. The Hall–Kier alpha value is -2.28. The number of aryl methyl sites for hydroxylation is 2. The number of hydrogen-bond donors (Lipinski definition) is 2. The van der Waals surface area contributed by atoms with Gasteiger partial charge in [-0.3, -0.25) is 9.78 Å². The molecule has 7 heteroatoms. The van der Waals surface area contributed by atoms with Gasteiger partial charge in [0.1, 0.15) is 0 Å². The Balaban J connectivity index is 0.00000225. The fourth-order valence-electron chi connectivity index (χ4n) is 3.25. The summed E-state index contributed by atoms with van der Waals surface area (Å²) in [5.74, 6) is -0.0221. The SMILES string of the molecule is Cc1cc(-c2cccc(-c3csc(NC(=O)[C@]4(C)CCN4)n3)c2)cc(C)n1.Cl. The second-order valence-electron chi connectivity index (χ2n) is 7.22. The second kappa shape index (κ2) is 7.99. The highest BCUT2D eigenvalue weighted by Crippen LogP contribution is 2.30. The van der Waals surface area contributed by atoms with Crippen LogP contribution in [0.25, 0.3) is 22.4 Å². The Bertz CT molecular complexity index is 993. The van der Waals surface area contributed by atoms with Crippen molar-refractivity contribution in [2.45, 2.75) is 32.7 Å². The number of hydrogen-bond acceptors (Lipinski definition) is 5. The topological polar surface area (TPSA) is 66.9 Å². The summed E-state index contributed by atoms with van der Waals surface area (Å²) < 4.78 is 0. The molecule has 0 saturated carbocycles. The maximum atomic E-state index is 12.4. The summed E-state index contributed by atoms with van der Waals surface area (Å²) in [5.41, 5.74) is 5.72. The summed E-state index contributed by atoms with van der Waals surface area (Å²) >= 11 is 1.45. The number of nitrogens with zero attached hydrogens (tertiary/aromatic N) is 2. The summed E-state index contributed by atoms with van der Waals surface area (Å²) in [6, 6.07) is 12.5. The molecule has 28 heavy (non-hydrogen) atoms. The number of thiazole rings is 1. The van der Waals surface area contributed by atoms with Crippen molar-refractivity contribution >= 4 is 34.8 Å². The molecule has 3 heterocycles. The largest absolute Gasteiger partial charge is 0.303 e. The van der Waals surface area contributed by atoms with Crippen LogP contribution in [0, 0.1) is 13.8 Å². The van der Waals surface area contributed by atoms with E-state index < -0.39 is 5.54 Å². The molecule has 0 spiro atoms. The van der Waals surface area contributed by atoms with E-state index in [2.05, 4.69) is 44.9 Å². The lowest BCUT2D eigenvalue weighted by Crippen LogP contribution is -2.61. The van der Waals surface area contributed by atoms with Crippen molar-refractivity contribution in [1.29, 1.82) is 0 Å². The van der Waals surface area contributed by atoms with Gasteiger partial charge in [-0.05, 0) is 63.1 Å². The van der Waals surface area contributed by atoms with Crippen LogP contribution in [0.2, 0.25) is 0 Å². The summed E-state index contributed by atoms with van der Waals surface area (Å²) in [7, 11) is 0. The first-order valence-electron chi connectivity index (χ1n) is 9.01. The monoisotopic (exact) mass is 414 g/mol. The number of rotatable bonds is 4. The van der Waals surface area contributed by atoms with Gasteiger partial charge in [0.15, 0.2) is 5.13 Å². The molecule has 1 aromatic carbocycles. The maximum Gasteiger partial charge on any atom is 0.246 e. The van der Waals surface area contributed by atoms with Gasteiger partial charge in [0.05, 0.1) is 11.2 Å². The third-order valence-electron chi connectivity index (χ3n) is 4.94. The zero-order valence-electron chi connectivity index (χ0n) is 16.1. The third-order valence-corrected chi connectivity index (χ3v) is 5.70. The van der Waals surface area contributed by atoms with Gasteiger partial charge < -0.3 is 10.6 Å². The Morgan fingerprint density at radius 3 is 2.43 bits per heavy atom. The third kappa shape index (κ3) is 4.09. The highest BCUT2D eigenvalue weighted by molar-refractivity contribution is 7.14. The molecule has 4 rings (SSSR count). The van der Waals surface area contributed by atoms with E-state index in [0.29, 0.717) is 5.13 Å². The van der Waals surface area contributed by atoms with E-state index in [1.807, 2.05) is 38.3 Å². The van der Waals surface area contributed by atoms with Crippen LogP contribution in [0.1, 0.15) is 24.7 Å². The average molecular weight is 415 g/mol. The Kier molecular flexibility index (Phi) is 5.84. The fraction of sp³-hybridized carbons (Fsp3) is 0.286. The molecule has 1 fully saturated rings. The van der Waals surface area contributed by atoms with Gasteiger partial charge in [-0.1, -0.05) is 18.2 Å². The predicted molar refractivity (Wildman–Crippen MR) is 117 cm³/mol. The zero-order chi connectivity index (χ0) is 19.0. The fourth-order valence-corrected chi connectivity index (χ4v) is 3.97. The van der Waals surface area contributed by atoms with Gasteiger partial charge >= 0.3 is 0 Å². The number of pyridine rings is 1. The molecule has 2 aromatic heterocycles. The van der Waals surface area contributed by atoms with Crippen LogP contribution < -0.4 is 10.6 Å². The Morgan fingerprint density at radius 2 is 1.79 bits per heavy atom. The Labute approximate surface area is 175 Å². The minimum Gasteiger partial charge on any atom is -0.303 e. The van der Waals surface area contributed by atoms with Crippen LogP contribution >= 0.6 is 23.7 Å². The number of halogens is 1. The van der Waals surface area contributed by atoms with E-state index in [0.717, 1.165) is 46.7 Å². The van der Waals surface area contributed by atoms with Crippen molar-refractivity contribution in [3.63, 3.8) is 0 Å². The molecule has 3 aromatic rings. The molecule has 1 saturated heterocycles. The molecule has 1 aliphatic heterocycles. The lowest BCUT2D eigenvalue weighted by molar-refractivity contribution is -0.124. The second-order valence-corrected chi connectivity index (χ2v) is 8.08. The average Bonchev–Trinajstić information content (AvgIpc) is 3.07. The number of anilines is 1. The van der Waals surface area contributed by atoms with E-state index >= 15 is 0 Å². The van der Waals surface area contributed by atoms with E-state index in [1.54, 1.807) is 0 Å². The maximum absolute atomic E-state index is 12.4. The standard InChI is InChI=1S/C21H22N4OS.ClH/c1-13-9-17(10-14(2)23-13)15-5-4-6-16(11-15)18-12-27-20(24-18)25-19(26)21(3)7-8-22-21;/h4-6,9-12,22H,7-8H2,1-3H3,(H,24,25,26);1H/t21-;/m0./s1. The lowest BCUT2D eigenvalue weighted by Gasteiger charge is -2.37. The Morgan fingerprint density at radius 1 is 1.11 bits per heavy atom. The van der Waals surface area contributed by atoms with Gasteiger partial charge in [0, 0.05) is 22.3 Å². The predicted octanol–water partition coefficient (Wildman–Crippen LogP) is 4.60. The van der Waals surface area contributed by atoms with Crippen molar-refractivity contribution in [1.82, 2.24) is 15.3 Å². The lowest BCUT2D eigenvalue weighted by atomic mass is 9.89. The van der Waals surface area contributed by atoms with Crippen LogP contribution in [-0.4, -0.2) is 28.0 Å². The van der Waals surface area contributed by atoms with Gasteiger partial charge in [-0.2, -0.15) is 0 Å². The van der Waals surface area contributed by atoms with Crippen molar-refractivity contribution in [3.8, 4) is 22.4 Å². The summed E-state index contributed by atoms with van der Waals surface area (Å²) in [4.78, 5) is 21.4. The molecular weight excluding hydrogens is 392 g/mol. The smallest absolute Gasteiger partial charge is 0.246 e. The van der Waals surface area contributed by atoms with Crippen LogP contribution in [0.5, 0.6) is 0 Å². The molecule has 0 bridgehead atoms. The molecule has 146 valence electrons. The molecule has 5 nitrogen and oxygen atoms in total. The summed E-state index contributed by atoms with van der Waals surface area (Å²) in [6.45, 7) is 6.82. The molecule has 1 aliphatic rings. The molecule has 1 atom stereocenters. The molecule has 0 unspecified atom stereocenters. The normalized spacial score (nSPS) is 18.1. The molecule has 0 aliphatic carbocycles. The highest BCUT2D eigenvalue weighted by Gasteiger charge is 2.39. The van der Waals surface area contributed by atoms with Gasteiger partial charge in [0.25, 0.3) is 0 Å². The van der Waals surface area contributed by atoms with Gasteiger partial charge in [0.2, 0.25) is 5.91 Å². The molecular formula is C21H23ClN4OS. The van der Waals surface area contributed by atoms with E-state index in [1.165, 1.54) is 11.3 Å². The van der Waals surface area contributed by atoms with Crippen molar-refractivity contribution in [2.75, 3.05) is 11.9 Å². The number of nitrogens with one attached hydrogen (secondary N) is 2. The molecule has 0 radical (unpaired) electrons. The first-order valence-corrected chi connectivity index (χ1v) is 9.89. The first kappa shape index (κ1) is 20.5. The van der Waals surface area contributed by atoms with E-state index in [-0.39, 0.29) is 18.3 Å². The van der Waals surface area contributed by atoms with Crippen molar-refractivity contribution in [2.24, 2.45) is 0 Å². The molecule has 1 amide bonds. The quantitative estimate of drug-likeness (QED) is 0.654. The van der Waals surface area contributed by atoms with Crippen LogP contribution in [0.3, 0.4) is 0 Å². The minimum atomic E-state index is -0.469. The number of carbonyl (C=O) groups excluding carboxylic acids is 1. The zero-order valence-corrected chi connectivity index (χ0v) is 17.7. The summed E-state index contributed by atoms with van der Waals surface area (Å²) in [6.07, 6.45) is 0.851. The first-order chi connectivity index (χ1) is 12.9. The van der Waals surface area contributed by atoms with Crippen LogP contribution in [0.4, 0.5) is 5.13 Å². The molecule has 2 N–H and O–H groups in total. The van der Waals surface area contributed by atoms with Crippen LogP contribution in [-0.2, 0) is 4.79 Å². The van der Waals surface area contributed by atoms with Gasteiger partial charge in [-0.15, -0.1) is 23.7 Å².